The number of hydrogen-bond acceptors (Lipinski definition) is 7. The third-order valence-corrected chi connectivity index (χ3v) is 7.88. The molecule has 1 fully saturated rings. The van der Waals surface area contributed by atoms with E-state index < -0.39 is 46.4 Å². The van der Waals surface area contributed by atoms with Crippen LogP contribution in [-0.4, -0.2) is 29.8 Å². The first-order valence-corrected chi connectivity index (χ1v) is 12.5. The maximum absolute atomic E-state index is 14.1. The van der Waals surface area contributed by atoms with E-state index in [1.165, 1.54) is 18.2 Å². The predicted octanol–water partition coefficient (Wildman–Crippen LogP) is 4.74. The number of methoxy groups -OCH3 is 1. The molecule has 3 aromatic rings. The Hall–Kier alpha value is -4.79. The van der Waals surface area contributed by atoms with Crippen LogP contribution in [0.15, 0.2) is 66.7 Å². The standard InChI is InChI=1S/C30H24N2O7/c1-15-4-10-20-22-14-21(17-5-8-19(38-3)9-6-17)25-27(26(22)30(35)39-24(20)12-15)29(34)31(28(25)33)23-11-7-18(32(36)37)13-16(23)2/h4-14,21,25-27H,1-3H3/t21-,25+,26-,27-/m0/s1. The zero-order valence-corrected chi connectivity index (χ0v) is 21.4. The quantitative estimate of drug-likeness (QED) is 0.159. The van der Waals surface area contributed by atoms with Gasteiger partial charge >= 0.3 is 5.97 Å². The number of nitro benzene ring substituents is 1. The molecule has 6 rings (SSSR count). The molecule has 0 saturated carbocycles. The fourth-order valence-corrected chi connectivity index (χ4v) is 6.06. The van der Waals surface area contributed by atoms with Gasteiger partial charge in [-0.3, -0.25) is 24.5 Å². The average molecular weight is 525 g/mol. The monoisotopic (exact) mass is 524 g/mol. The molecule has 3 aromatic carbocycles. The van der Waals surface area contributed by atoms with Crippen LogP contribution in [0.25, 0.3) is 5.57 Å². The number of hydrogen-bond donors (Lipinski definition) is 0. The Bertz CT molecular complexity index is 1610. The van der Waals surface area contributed by atoms with E-state index in [1.807, 2.05) is 37.3 Å². The minimum Gasteiger partial charge on any atom is -0.497 e. The Labute approximate surface area is 223 Å². The summed E-state index contributed by atoms with van der Waals surface area (Å²) >= 11 is 0. The Balaban J connectivity index is 1.53. The minimum absolute atomic E-state index is 0.143. The number of amides is 2. The van der Waals surface area contributed by atoms with E-state index in [-0.39, 0.29) is 11.4 Å². The van der Waals surface area contributed by atoms with E-state index in [0.29, 0.717) is 28.2 Å². The largest absolute Gasteiger partial charge is 0.497 e. The summed E-state index contributed by atoms with van der Waals surface area (Å²) in [5.74, 6) is -3.82. The van der Waals surface area contributed by atoms with Crippen LogP contribution >= 0.6 is 0 Å². The molecular weight excluding hydrogens is 500 g/mol. The van der Waals surface area contributed by atoms with Crippen molar-refractivity contribution in [1.82, 2.24) is 0 Å². The molecular formula is C30H24N2O7. The lowest BCUT2D eigenvalue weighted by atomic mass is 9.64. The number of fused-ring (bicyclic) bond motifs is 5. The molecule has 9 nitrogen and oxygen atoms in total. The second-order valence-corrected chi connectivity index (χ2v) is 10.1. The molecule has 9 heteroatoms. The smallest absolute Gasteiger partial charge is 0.319 e. The minimum atomic E-state index is -0.999. The van der Waals surface area contributed by atoms with Gasteiger partial charge in [0.15, 0.2) is 0 Å². The van der Waals surface area contributed by atoms with Crippen molar-refractivity contribution in [3.8, 4) is 11.5 Å². The average Bonchev–Trinajstić information content (AvgIpc) is 3.17. The van der Waals surface area contributed by atoms with Crippen molar-refractivity contribution in [3.05, 3.63) is 99.1 Å². The number of non-ortho nitro benzene ring substituents is 1. The van der Waals surface area contributed by atoms with Gasteiger partial charge < -0.3 is 9.47 Å². The first kappa shape index (κ1) is 24.5. The van der Waals surface area contributed by atoms with Crippen LogP contribution in [-0.2, 0) is 14.4 Å². The lowest BCUT2D eigenvalue weighted by Gasteiger charge is -2.38. The molecule has 0 unspecified atom stereocenters. The molecule has 4 atom stereocenters. The molecule has 0 spiro atoms. The normalized spacial score (nSPS) is 23.4. The molecule has 2 amide bonds. The van der Waals surface area contributed by atoms with Crippen molar-refractivity contribution in [2.24, 2.45) is 17.8 Å². The van der Waals surface area contributed by atoms with Gasteiger partial charge in [-0.05, 0) is 60.4 Å². The number of nitrogens with zero attached hydrogens (tertiary/aromatic N) is 2. The Kier molecular flexibility index (Phi) is 5.60. The third-order valence-electron chi connectivity index (χ3n) is 7.88. The number of carbonyl (C=O) groups is 3. The number of esters is 1. The maximum Gasteiger partial charge on any atom is 0.319 e. The molecule has 0 aromatic heterocycles. The summed E-state index contributed by atoms with van der Waals surface area (Å²) in [7, 11) is 1.56. The Morgan fingerprint density at radius 2 is 1.64 bits per heavy atom. The molecule has 1 aliphatic carbocycles. The number of benzene rings is 3. The van der Waals surface area contributed by atoms with Crippen LogP contribution in [0.3, 0.4) is 0 Å². The van der Waals surface area contributed by atoms with Crippen LogP contribution < -0.4 is 14.4 Å². The summed E-state index contributed by atoms with van der Waals surface area (Å²) < 4.78 is 11.0. The van der Waals surface area contributed by atoms with Crippen LogP contribution in [0.4, 0.5) is 11.4 Å². The van der Waals surface area contributed by atoms with Crippen LogP contribution in [0.2, 0.25) is 0 Å². The zero-order valence-electron chi connectivity index (χ0n) is 21.4. The van der Waals surface area contributed by atoms with Crippen LogP contribution in [0.5, 0.6) is 11.5 Å². The lowest BCUT2D eigenvalue weighted by molar-refractivity contribution is -0.384. The van der Waals surface area contributed by atoms with Gasteiger partial charge in [0.25, 0.3) is 5.69 Å². The number of imide groups is 1. The van der Waals surface area contributed by atoms with E-state index in [2.05, 4.69) is 0 Å². The molecule has 0 N–H and O–H groups in total. The van der Waals surface area contributed by atoms with Gasteiger partial charge in [0.1, 0.15) is 11.5 Å². The second-order valence-electron chi connectivity index (χ2n) is 10.1. The first-order chi connectivity index (χ1) is 18.7. The van der Waals surface area contributed by atoms with Crippen molar-refractivity contribution in [2.75, 3.05) is 12.0 Å². The lowest BCUT2D eigenvalue weighted by Crippen LogP contribution is -2.42. The van der Waals surface area contributed by atoms with Crippen molar-refractivity contribution in [2.45, 2.75) is 19.8 Å². The highest BCUT2D eigenvalue weighted by molar-refractivity contribution is 6.25. The first-order valence-electron chi connectivity index (χ1n) is 12.5. The zero-order chi connectivity index (χ0) is 27.6. The number of anilines is 1. The summed E-state index contributed by atoms with van der Waals surface area (Å²) in [5.41, 5.74) is 3.63. The summed E-state index contributed by atoms with van der Waals surface area (Å²) in [6.45, 7) is 3.51. The number of ether oxygens (including phenoxy) is 2. The van der Waals surface area contributed by atoms with Gasteiger partial charge in [-0.2, -0.15) is 0 Å². The SMILES string of the molecule is COc1ccc([C@@H]2C=C3c4ccc(C)cc4OC(=O)[C@@H]3[C@H]3C(=O)N(c4ccc([N+](=O)[O-])cc4C)C(=O)[C@@H]32)cc1. The fraction of sp³-hybridized carbons (Fsp3) is 0.233. The van der Waals surface area contributed by atoms with Gasteiger partial charge in [-0.15, -0.1) is 0 Å². The molecule has 1 saturated heterocycles. The third kappa shape index (κ3) is 3.72. The van der Waals surface area contributed by atoms with Crippen LogP contribution in [0.1, 0.15) is 28.2 Å². The number of rotatable bonds is 4. The van der Waals surface area contributed by atoms with E-state index in [0.717, 1.165) is 16.0 Å². The molecule has 2 aliphatic heterocycles. The second kappa shape index (κ2) is 8.90. The molecule has 196 valence electrons. The van der Waals surface area contributed by atoms with E-state index in [9.17, 15) is 24.5 Å². The van der Waals surface area contributed by atoms with E-state index >= 15 is 0 Å². The molecule has 0 radical (unpaired) electrons. The van der Waals surface area contributed by atoms with Crippen molar-refractivity contribution in [3.63, 3.8) is 0 Å². The Morgan fingerprint density at radius 3 is 2.31 bits per heavy atom. The number of aryl methyl sites for hydroxylation is 2. The molecule has 39 heavy (non-hydrogen) atoms. The highest BCUT2D eigenvalue weighted by Crippen LogP contribution is 2.55. The van der Waals surface area contributed by atoms with Gasteiger partial charge in [0.2, 0.25) is 11.8 Å². The van der Waals surface area contributed by atoms with Crippen molar-refractivity contribution >= 4 is 34.7 Å². The summed E-state index contributed by atoms with van der Waals surface area (Å²) in [5, 5.41) is 11.3. The van der Waals surface area contributed by atoms with Crippen LogP contribution in [0, 0.1) is 41.7 Å². The van der Waals surface area contributed by atoms with E-state index in [1.54, 1.807) is 32.2 Å². The Morgan fingerprint density at radius 1 is 0.923 bits per heavy atom. The summed E-state index contributed by atoms with van der Waals surface area (Å²) in [6.07, 6.45) is 1.92. The number of allylic oxidation sites excluding steroid dienone is 1. The summed E-state index contributed by atoms with van der Waals surface area (Å²) in [6, 6.07) is 16.9. The topological polar surface area (TPSA) is 116 Å². The van der Waals surface area contributed by atoms with Gasteiger partial charge in [-0.25, -0.2) is 4.90 Å². The van der Waals surface area contributed by atoms with Crippen molar-refractivity contribution < 1.29 is 28.8 Å². The van der Waals surface area contributed by atoms with Gasteiger partial charge in [-0.1, -0.05) is 30.3 Å². The van der Waals surface area contributed by atoms with Gasteiger partial charge in [0.05, 0.1) is 35.5 Å². The highest BCUT2D eigenvalue weighted by Gasteiger charge is 2.60. The van der Waals surface area contributed by atoms with E-state index in [4.69, 9.17) is 9.47 Å². The number of nitro groups is 1. The predicted molar refractivity (Wildman–Crippen MR) is 141 cm³/mol. The fourth-order valence-electron chi connectivity index (χ4n) is 6.06. The maximum atomic E-state index is 14.1. The van der Waals surface area contributed by atoms with Gasteiger partial charge in [0, 0.05) is 23.6 Å². The van der Waals surface area contributed by atoms with Crippen molar-refractivity contribution in [1.29, 1.82) is 0 Å². The molecule has 2 heterocycles. The highest BCUT2D eigenvalue weighted by atomic mass is 16.6. The summed E-state index contributed by atoms with van der Waals surface area (Å²) in [4.78, 5) is 53.4. The molecule has 3 aliphatic rings. The molecule has 0 bridgehead atoms. The number of carbonyl (C=O) groups excluding carboxylic acids is 3.